The second kappa shape index (κ2) is 20.5. The summed E-state index contributed by atoms with van der Waals surface area (Å²) in [5.74, 6) is -2.66. The van der Waals surface area contributed by atoms with Gasteiger partial charge in [-0.25, -0.2) is 12.8 Å². The number of aryl methyl sites for hydroxylation is 1. The zero-order valence-corrected chi connectivity index (χ0v) is 36.2. The quantitative estimate of drug-likeness (QED) is 0.0535. The number of nitrogens with one attached hydrogen (secondary N) is 4. The minimum absolute atomic E-state index is 0.00399. The molecule has 0 radical (unpaired) electrons. The Hall–Kier alpha value is -5.26. The van der Waals surface area contributed by atoms with Crippen LogP contribution in [0.1, 0.15) is 44.7 Å². The number of ether oxygens (including phenoxy) is 4. The first kappa shape index (κ1) is 45.3. The fourth-order valence-corrected chi connectivity index (χ4v) is 8.08. The van der Waals surface area contributed by atoms with Gasteiger partial charge in [-0.2, -0.15) is 0 Å². The van der Waals surface area contributed by atoms with Gasteiger partial charge in [-0.15, -0.1) is 0 Å². The standard InChI is InChI=1S/C41H44FIN6O11S/c1-25-22-32(37(48(2)39(25)52)45-31-11-8-27(43)23-30(31)42)47-61(55,56)28-9-6-26(7-10-28)24-44-14-15-57-16-17-58-18-19-59-20-21-60-34-5-3-4-29-36(34)41(54)49(40(29)53)33-12-13-35(50)46-38(33)51/h3-11,22-23,33,44-45,47H,12-21,24H2,1-2H3,(H,46,50,51). The van der Waals surface area contributed by atoms with E-state index in [1.54, 1.807) is 37.3 Å². The molecule has 1 unspecified atom stereocenters. The van der Waals surface area contributed by atoms with Crippen molar-refractivity contribution in [3.8, 4) is 5.75 Å². The summed E-state index contributed by atoms with van der Waals surface area (Å²) in [6.45, 7) is 4.57. The van der Waals surface area contributed by atoms with Crippen molar-refractivity contribution in [2.45, 2.75) is 37.2 Å². The SMILES string of the molecule is Cc1cc(NS(=O)(=O)c2ccc(CNCCOCCOCCOCCOc3cccc4c3C(=O)N(C3CCC(=O)NC3=O)C4=O)cc2)c(Nc2ccc(I)cc2F)n(C)c1=O. The van der Waals surface area contributed by atoms with Crippen LogP contribution in [-0.4, -0.2) is 100 Å². The van der Waals surface area contributed by atoms with Crippen molar-refractivity contribution in [3.05, 3.63) is 109 Å². The molecule has 4 aromatic rings. The second-order valence-electron chi connectivity index (χ2n) is 13.9. The van der Waals surface area contributed by atoms with Crippen molar-refractivity contribution in [1.82, 2.24) is 20.1 Å². The van der Waals surface area contributed by atoms with Gasteiger partial charge in [0.2, 0.25) is 11.8 Å². The van der Waals surface area contributed by atoms with Crippen molar-refractivity contribution in [2.75, 3.05) is 62.8 Å². The van der Waals surface area contributed by atoms with Gasteiger partial charge >= 0.3 is 0 Å². The molecule has 3 heterocycles. The second-order valence-corrected chi connectivity index (χ2v) is 16.9. The van der Waals surface area contributed by atoms with Crippen LogP contribution in [0.2, 0.25) is 0 Å². The summed E-state index contributed by atoms with van der Waals surface area (Å²) in [7, 11) is -2.61. The fraction of sp³-hybridized carbons (Fsp3) is 0.341. The third-order valence-electron chi connectivity index (χ3n) is 9.67. The van der Waals surface area contributed by atoms with Crippen LogP contribution in [0.15, 0.2) is 76.4 Å². The Bertz CT molecular complexity index is 2470. The van der Waals surface area contributed by atoms with Gasteiger partial charge in [0, 0.05) is 35.7 Å². The highest BCUT2D eigenvalue weighted by molar-refractivity contribution is 14.1. The van der Waals surface area contributed by atoms with Gasteiger partial charge < -0.3 is 29.6 Å². The Morgan fingerprint density at radius 2 is 1.54 bits per heavy atom. The zero-order valence-electron chi connectivity index (χ0n) is 33.3. The summed E-state index contributed by atoms with van der Waals surface area (Å²) in [4.78, 5) is 63.6. The maximum absolute atomic E-state index is 14.6. The normalized spacial score (nSPS) is 15.2. The number of hydrogen-bond acceptors (Lipinski definition) is 13. The number of carbonyl (C=O) groups is 4. The van der Waals surface area contributed by atoms with Crippen molar-refractivity contribution < 1.29 is 50.9 Å². The number of rotatable bonds is 21. The van der Waals surface area contributed by atoms with E-state index >= 15 is 0 Å². The Balaban J connectivity index is 0.840. The van der Waals surface area contributed by atoms with Crippen LogP contribution in [0, 0.1) is 16.3 Å². The minimum atomic E-state index is -4.08. The van der Waals surface area contributed by atoms with E-state index in [0.717, 1.165) is 10.5 Å². The first-order valence-corrected chi connectivity index (χ1v) is 21.8. The monoisotopic (exact) mass is 974 g/mol. The number of imide groups is 2. The number of hydrogen-bond donors (Lipinski definition) is 4. The number of nitrogens with zero attached hydrogens (tertiary/aromatic N) is 2. The van der Waals surface area contributed by atoms with Crippen molar-refractivity contribution in [1.29, 1.82) is 0 Å². The minimum Gasteiger partial charge on any atom is -0.490 e. The summed E-state index contributed by atoms with van der Waals surface area (Å²) in [6.07, 6.45) is 0.0929. The molecule has 2 aliphatic heterocycles. The van der Waals surface area contributed by atoms with Gasteiger partial charge in [-0.3, -0.25) is 43.5 Å². The molecule has 4 amide bonds. The molecule has 1 saturated heterocycles. The van der Waals surface area contributed by atoms with Crippen LogP contribution < -0.4 is 31.0 Å². The molecule has 0 aliphatic carbocycles. The Morgan fingerprint density at radius 1 is 0.852 bits per heavy atom. The lowest BCUT2D eigenvalue weighted by Gasteiger charge is -2.27. The topological polar surface area (TPSA) is 213 Å². The number of carbonyl (C=O) groups excluding carboxylic acids is 4. The molecule has 0 saturated carbocycles. The maximum atomic E-state index is 14.6. The van der Waals surface area contributed by atoms with Crippen LogP contribution in [0.5, 0.6) is 5.75 Å². The van der Waals surface area contributed by atoms with Gasteiger partial charge in [0.15, 0.2) is 0 Å². The van der Waals surface area contributed by atoms with Crippen molar-refractivity contribution in [2.24, 2.45) is 7.05 Å². The van der Waals surface area contributed by atoms with Crippen LogP contribution in [0.25, 0.3) is 0 Å². The molecule has 0 bridgehead atoms. The van der Waals surface area contributed by atoms with E-state index in [-0.39, 0.29) is 77.2 Å². The smallest absolute Gasteiger partial charge is 0.266 e. The van der Waals surface area contributed by atoms with Gasteiger partial charge in [-0.05, 0) is 90.0 Å². The van der Waals surface area contributed by atoms with Crippen LogP contribution in [0.3, 0.4) is 0 Å². The molecule has 4 N–H and O–H groups in total. The molecular weight excluding hydrogens is 930 g/mol. The predicted molar refractivity (Wildman–Crippen MR) is 229 cm³/mol. The number of pyridine rings is 1. The highest BCUT2D eigenvalue weighted by Gasteiger charge is 2.46. The molecule has 6 rings (SSSR count). The summed E-state index contributed by atoms with van der Waals surface area (Å²) >= 11 is 1.98. The number of anilines is 3. The summed E-state index contributed by atoms with van der Waals surface area (Å²) in [6, 6.07) is 15.8. The van der Waals surface area contributed by atoms with Gasteiger partial charge in [-0.1, -0.05) is 18.2 Å². The molecule has 0 spiro atoms. The van der Waals surface area contributed by atoms with Crippen molar-refractivity contribution in [3.63, 3.8) is 0 Å². The van der Waals surface area contributed by atoms with E-state index in [2.05, 4.69) is 20.7 Å². The Morgan fingerprint density at radius 3 is 2.23 bits per heavy atom. The number of halogens is 2. The van der Waals surface area contributed by atoms with Gasteiger partial charge in [0.1, 0.15) is 30.0 Å². The molecule has 1 aromatic heterocycles. The van der Waals surface area contributed by atoms with Gasteiger partial charge in [0.05, 0.1) is 67.0 Å². The molecule has 3 aromatic carbocycles. The molecule has 17 nitrogen and oxygen atoms in total. The van der Waals surface area contributed by atoms with E-state index in [9.17, 15) is 36.8 Å². The average molecular weight is 975 g/mol. The predicted octanol–water partition coefficient (Wildman–Crippen LogP) is 3.60. The van der Waals surface area contributed by atoms with E-state index in [1.165, 1.54) is 48.0 Å². The first-order chi connectivity index (χ1) is 29.2. The van der Waals surface area contributed by atoms with E-state index in [1.807, 2.05) is 22.6 Å². The van der Waals surface area contributed by atoms with Crippen LogP contribution >= 0.6 is 22.6 Å². The number of piperidine rings is 1. The summed E-state index contributed by atoms with van der Waals surface area (Å²) < 4.78 is 68.3. The zero-order chi connectivity index (χ0) is 43.7. The highest BCUT2D eigenvalue weighted by Crippen LogP contribution is 2.34. The fourth-order valence-electron chi connectivity index (χ4n) is 6.56. The van der Waals surface area contributed by atoms with Crippen molar-refractivity contribution >= 4 is 73.4 Å². The molecule has 61 heavy (non-hydrogen) atoms. The lowest BCUT2D eigenvalue weighted by Crippen LogP contribution is -2.54. The van der Waals surface area contributed by atoms with Crippen LogP contribution in [0.4, 0.5) is 21.6 Å². The molecule has 324 valence electrons. The van der Waals surface area contributed by atoms with E-state index in [0.29, 0.717) is 48.7 Å². The number of amides is 4. The summed E-state index contributed by atoms with van der Waals surface area (Å²) in [5.41, 5.74) is 1.15. The molecule has 1 fully saturated rings. The lowest BCUT2D eigenvalue weighted by molar-refractivity contribution is -0.136. The summed E-state index contributed by atoms with van der Waals surface area (Å²) in [5, 5.41) is 8.27. The average Bonchev–Trinajstić information content (AvgIpc) is 3.48. The molecule has 20 heteroatoms. The molecule has 2 aliphatic rings. The maximum Gasteiger partial charge on any atom is 0.266 e. The number of aromatic nitrogens is 1. The molecule has 1 atom stereocenters. The highest BCUT2D eigenvalue weighted by atomic mass is 127. The van der Waals surface area contributed by atoms with E-state index < -0.39 is 45.5 Å². The lowest BCUT2D eigenvalue weighted by atomic mass is 10.0. The number of benzene rings is 3. The largest absolute Gasteiger partial charge is 0.490 e. The van der Waals surface area contributed by atoms with Gasteiger partial charge in [0.25, 0.3) is 27.4 Å². The third-order valence-corrected chi connectivity index (χ3v) is 11.7. The van der Waals surface area contributed by atoms with E-state index in [4.69, 9.17) is 18.9 Å². The Kier molecular flexibility index (Phi) is 15.2. The number of fused-ring (bicyclic) bond motifs is 1. The Labute approximate surface area is 364 Å². The molecular formula is C41H44FIN6O11S. The number of sulfonamides is 1. The third kappa shape index (κ3) is 11.2. The first-order valence-electron chi connectivity index (χ1n) is 19.2. The van der Waals surface area contributed by atoms with Crippen LogP contribution in [-0.2, 0) is 47.4 Å².